The lowest BCUT2D eigenvalue weighted by atomic mass is 10.1. The lowest BCUT2D eigenvalue weighted by molar-refractivity contribution is 1.46. The van der Waals surface area contributed by atoms with E-state index in [1.165, 1.54) is 0 Å². The molecule has 100 valence electrons. The average Bonchev–Trinajstić information content (AvgIpc) is 2.52. The highest BCUT2D eigenvalue weighted by atomic mass is 79.9. The summed E-state index contributed by atoms with van der Waals surface area (Å²) in [5.41, 5.74) is 1.17. The first-order chi connectivity index (χ1) is 9.47. The Morgan fingerprint density at radius 1 is 0.750 bits per heavy atom. The van der Waals surface area contributed by atoms with Crippen molar-refractivity contribution in [3.05, 3.63) is 65.6 Å². The normalized spacial score (nSPS) is 11.2. The summed E-state index contributed by atoms with van der Waals surface area (Å²) in [5, 5.41) is 3.33. The molecule has 0 N–H and O–H groups in total. The van der Waals surface area contributed by atoms with Crippen LogP contribution in [0.25, 0.3) is 21.5 Å². The Labute approximate surface area is 141 Å². The molecule has 0 aliphatic rings. The van der Waals surface area contributed by atoms with Crippen LogP contribution in [0.1, 0.15) is 5.56 Å². The zero-order valence-electron chi connectivity index (χ0n) is 10.5. The minimum Gasteiger partial charge on any atom is -0.289 e. The van der Waals surface area contributed by atoms with Crippen molar-refractivity contribution < 1.29 is 0 Å². The van der Waals surface area contributed by atoms with E-state index in [1.54, 1.807) is 0 Å². The van der Waals surface area contributed by atoms with Gasteiger partial charge in [0.2, 0.25) is 0 Å². The molecule has 0 bridgehead atoms. The number of fused-ring (bicyclic) bond motifs is 2. The molecule has 0 aliphatic carbocycles. The molecule has 0 spiro atoms. The lowest BCUT2D eigenvalue weighted by Crippen LogP contribution is -1.99. The first kappa shape index (κ1) is 14.2. The van der Waals surface area contributed by atoms with Crippen LogP contribution in [0.2, 0.25) is 0 Å². The molecule has 0 saturated heterocycles. The molecule has 0 unspecified atom stereocenters. The van der Waals surface area contributed by atoms with Gasteiger partial charge in [-0.1, -0.05) is 34.1 Å². The van der Waals surface area contributed by atoms with E-state index in [0.29, 0.717) is 5.39 Å². The maximum absolute atomic E-state index is 12.8. The van der Waals surface area contributed by atoms with Crippen LogP contribution >= 0.6 is 47.8 Å². The fraction of sp³-hybridized carbons (Fsp3) is 0.0625. The second-order valence-electron chi connectivity index (χ2n) is 4.70. The first-order valence-electron chi connectivity index (χ1n) is 5.99. The van der Waals surface area contributed by atoms with Gasteiger partial charge in [-0.05, 0) is 73.3 Å². The standard InChI is InChI=1S/C16H9Br3O/c1-8-4-9-2-3-10-5-14(18)15(19)7-12(10)16(20)11(9)6-13(8)17/h2-7H,1H3. The first-order valence-corrected chi connectivity index (χ1v) is 8.37. The monoisotopic (exact) mass is 454 g/mol. The second kappa shape index (κ2) is 5.24. The van der Waals surface area contributed by atoms with Gasteiger partial charge in [0.05, 0.1) is 0 Å². The second-order valence-corrected chi connectivity index (χ2v) is 7.27. The summed E-state index contributed by atoms with van der Waals surface area (Å²) in [6, 6.07) is 11.8. The zero-order chi connectivity index (χ0) is 14.4. The van der Waals surface area contributed by atoms with Gasteiger partial charge in [-0.25, -0.2) is 0 Å². The van der Waals surface area contributed by atoms with Crippen molar-refractivity contribution in [2.75, 3.05) is 0 Å². The number of hydrogen-bond acceptors (Lipinski definition) is 1. The third-order valence-corrected chi connectivity index (χ3v) is 6.05. The predicted molar refractivity (Wildman–Crippen MR) is 95.6 cm³/mol. The molecular weight excluding hydrogens is 448 g/mol. The van der Waals surface area contributed by atoms with Crippen LogP contribution in [0.3, 0.4) is 0 Å². The van der Waals surface area contributed by atoms with Gasteiger partial charge in [-0.3, -0.25) is 4.79 Å². The van der Waals surface area contributed by atoms with E-state index in [0.717, 1.165) is 35.1 Å². The summed E-state index contributed by atoms with van der Waals surface area (Å²) >= 11 is 10.4. The molecule has 3 aromatic rings. The van der Waals surface area contributed by atoms with Gasteiger partial charge in [0.15, 0.2) is 5.43 Å². The van der Waals surface area contributed by atoms with Gasteiger partial charge in [-0.15, -0.1) is 0 Å². The fourth-order valence-electron chi connectivity index (χ4n) is 2.26. The molecule has 1 nitrogen and oxygen atoms in total. The maximum Gasteiger partial charge on any atom is 0.194 e. The van der Waals surface area contributed by atoms with Crippen LogP contribution in [-0.4, -0.2) is 0 Å². The van der Waals surface area contributed by atoms with E-state index >= 15 is 0 Å². The molecule has 0 saturated carbocycles. The highest BCUT2D eigenvalue weighted by Crippen LogP contribution is 2.29. The van der Waals surface area contributed by atoms with Crippen LogP contribution in [0.5, 0.6) is 0 Å². The Balaban J connectivity index is 2.60. The van der Waals surface area contributed by atoms with Crippen molar-refractivity contribution in [3.8, 4) is 0 Å². The van der Waals surface area contributed by atoms with Crippen molar-refractivity contribution in [3.63, 3.8) is 0 Å². The Kier molecular flexibility index (Phi) is 3.73. The largest absolute Gasteiger partial charge is 0.289 e. The van der Waals surface area contributed by atoms with Crippen molar-refractivity contribution in [2.24, 2.45) is 0 Å². The van der Waals surface area contributed by atoms with Crippen LogP contribution in [0, 0.1) is 6.92 Å². The highest BCUT2D eigenvalue weighted by Gasteiger charge is 2.07. The summed E-state index contributed by atoms with van der Waals surface area (Å²) in [7, 11) is 0. The summed E-state index contributed by atoms with van der Waals surface area (Å²) in [6.45, 7) is 2.02. The minimum absolute atomic E-state index is 0.0499. The molecule has 20 heavy (non-hydrogen) atoms. The summed E-state index contributed by atoms with van der Waals surface area (Å²) < 4.78 is 2.78. The van der Waals surface area contributed by atoms with Crippen molar-refractivity contribution in [1.29, 1.82) is 0 Å². The Morgan fingerprint density at radius 3 is 1.90 bits per heavy atom. The van der Waals surface area contributed by atoms with E-state index in [1.807, 2.05) is 43.3 Å². The van der Waals surface area contributed by atoms with Gasteiger partial charge in [-0.2, -0.15) is 0 Å². The minimum atomic E-state index is 0.0499. The summed E-state index contributed by atoms with van der Waals surface area (Å²) in [4.78, 5) is 12.8. The van der Waals surface area contributed by atoms with E-state index in [9.17, 15) is 4.79 Å². The van der Waals surface area contributed by atoms with Gasteiger partial charge in [0.25, 0.3) is 0 Å². The van der Waals surface area contributed by atoms with E-state index in [-0.39, 0.29) is 5.43 Å². The average molecular weight is 457 g/mol. The Hall–Kier alpha value is -0.710. The quantitative estimate of drug-likeness (QED) is 0.408. The van der Waals surface area contributed by atoms with Gasteiger partial charge in [0, 0.05) is 24.2 Å². The molecule has 3 aromatic carbocycles. The van der Waals surface area contributed by atoms with Crippen LogP contribution < -0.4 is 5.43 Å². The Bertz CT molecular complexity index is 843. The van der Waals surface area contributed by atoms with Crippen LogP contribution in [-0.2, 0) is 0 Å². The predicted octanol–water partition coefficient (Wildman–Crippen LogP) is 5.95. The van der Waals surface area contributed by atoms with Gasteiger partial charge < -0.3 is 0 Å². The molecule has 0 aliphatic heterocycles. The lowest BCUT2D eigenvalue weighted by Gasteiger charge is -1.99. The number of halogens is 3. The topological polar surface area (TPSA) is 17.1 Å². The van der Waals surface area contributed by atoms with Gasteiger partial charge in [0.1, 0.15) is 0 Å². The molecule has 0 fully saturated rings. The third-order valence-electron chi connectivity index (χ3n) is 3.35. The molecular formula is C16H9Br3O. The number of aryl methyl sites for hydroxylation is 1. The molecule has 4 heteroatoms. The van der Waals surface area contributed by atoms with E-state index in [4.69, 9.17) is 0 Å². The van der Waals surface area contributed by atoms with Crippen molar-refractivity contribution in [2.45, 2.75) is 6.92 Å². The van der Waals surface area contributed by atoms with E-state index < -0.39 is 0 Å². The molecule has 0 atom stereocenters. The highest BCUT2D eigenvalue weighted by molar-refractivity contribution is 9.13. The van der Waals surface area contributed by atoms with Crippen molar-refractivity contribution >= 4 is 69.3 Å². The number of benzene rings is 2. The molecule has 0 amide bonds. The van der Waals surface area contributed by atoms with Crippen LogP contribution in [0.4, 0.5) is 0 Å². The zero-order valence-corrected chi connectivity index (χ0v) is 15.3. The SMILES string of the molecule is Cc1cc2ccc3cc(Br)c(Br)cc3c(=O)c2cc1Br. The summed E-state index contributed by atoms with van der Waals surface area (Å²) in [5.74, 6) is 0. The smallest absolute Gasteiger partial charge is 0.194 e. The number of rotatable bonds is 0. The Morgan fingerprint density at radius 2 is 1.25 bits per heavy atom. The molecule has 0 radical (unpaired) electrons. The van der Waals surface area contributed by atoms with Gasteiger partial charge >= 0.3 is 0 Å². The van der Waals surface area contributed by atoms with E-state index in [2.05, 4.69) is 47.8 Å². The number of hydrogen-bond donors (Lipinski definition) is 0. The fourth-order valence-corrected chi connectivity index (χ4v) is 3.31. The van der Waals surface area contributed by atoms with Crippen molar-refractivity contribution in [1.82, 2.24) is 0 Å². The molecule has 0 aromatic heterocycles. The summed E-state index contributed by atoms with van der Waals surface area (Å²) in [6.07, 6.45) is 0. The molecule has 0 heterocycles. The van der Waals surface area contributed by atoms with Crippen LogP contribution in [0.15, 0.2) is 54.6 Å². The third kappa shape index (κ3) is 2.34. The molecule has 3 rings (SSSR count). The maximum atomic E-state index is 12.8.